The van der Waals surface area contributed by atoms with Gasteiger partial charge >= 0.3 is 5.30 Å². The topological polar surface area (TPSA) is 26.3 Å². The van der Waals surface area contributed by atoms with Crippen LogP contribution >= 0.6 is 11.8 Å². The van der Waals surface area contributed by atoms with Crippen molar-refractivity contribution in [1.82, 2.24) is 0 Å². The van der Waals surface area contributed by atoms with E-state index in [0.717, 1.165) is 6.42 Å². The van der Waals surface area contributed by atoms with Crippen molar-refractivity contribution in [2.45, 2.75) is 32.4 Å². The summed E-state index contributed by atoms with van der Waals surface area (Å²) in [5.41, 5.74) is 0. The van der Waals surface area contributed by atoms with E-state index in [4.69, 9.17) is 4.74 Å². The Morgan fingerprint density at radius 1 is 1.73 bits per heavy atom. The number of thioether (sulfide) groups is 1. The molecule has 0 saturated carbocycles. The maximum atomic E-state index is 10.9. The number of carbonyl (C=O) groups excluding carboxylic acids is 1. The molecule has 0 bridgehead atoms. The number of carbonyl (C=O) groups is 1. The fourth-order valence-corrected chi connectivity index (χ4v) is 1.50. The van der Waals surface area contributed by atoms with E-state index in [2.05, 4.69) is 6.42 Å². The van der Waals surface area contributed by atoms with Crippen LogP contribution in [0.3, 0.4) is 0 Å². The molecule has 0 aliphatic rings. The van der Waals surface area contributed by atoms with Gasteiger partial charge in [-0.05, 0) is 31.5 Å². The molecule has 0 spiro atoms. The van der Waals surface area contributed by atoms with E-state index in [1.807, 2.05) is 20.8 Å². The van der Waals surface area contributed by atoms with Gasteiger partial charge in [0.25, 0.3) is 0 Å². The summed E-state index contributed by atoms with van der Waals surface area (Å²) in [6.07, 6.45) is 3.00. The van der Waals surface area contributed by atoms with E-state index < -0.39 is 0 Å². The standard InChI is InChI=1S/C8H15O2S/c1-4-6-7(3)11-8(9)10-5-2/h4,7H,5-6H2,1-3H3. The van der Waals surface area contributed by atoms with E-state index in [1.54, 1.807) is 0 Å². The molecule has 1 unspecified atom stereocenters. The molecule has 2 nitrogen and oxygen atoms in total. The Bertz CT molecular complexity index is 115. The fraction of sp³-hybridized carbons (Fsp3) is 0.750. The molecule has 0 heterocycles. The summed E-state index contributed by atoms with van der Waals surface area (Å²) in [6.45, 7) is 6.28. The Morgan fingerprint density at radius 2 is 2.36 bits per heavy atom. The monoisotopic (exact) mass is 175 g/mol. The van der Waals surface area contributed by atoms with Crippen LogP contribution in [-0.4, -0.2) is 17.2 Å². The summed E-state index contributed by atoms with van der Waals surface area (Å²) in [7, 11) is 0. The maximum Gasteiger partial charge on any atom is 0.367 e. The SMILES string of the molecule is C[CH]CC(C)SC(=O)OCC. The first-order chi connectivity index (χ1) is 5.20. The molecule has 0 aliphatic heterocycles. The Hall–Kier alpha value is -0.180. The second-order valence-corrected chi connectivity index (χ2v) is 3.63. The second-order valence-electron chi connectivity index (χ2n) is 2.26. The number of ether oxygens (including phenoxy) is 1. The lowest BCUT2D eigenvalue weighted by atomic mass is 10.3. The summed E-state index contributed by atoms with van der Waals surface area (Å²) in [5.74, 6) is 0. The number of hydrogen-bond donors (Lipinski definition) is 0. The van der Waals surface area contributed by atoms with Crippen LogP contribution in [0.4, 0.5) is 4.79 Å². The van der Waals surface area contributed by atoms with Gasteiger partial charge in [-0.2, -0.15) is 0 Å². The smallest absolute Gasteiger partial charge is 0.367 e. The Balaban J connectivity index is 3.40. The summed E-state index contributed by atoms with van der Waals surface area (Å²) in [4.78, 5) is 10.9. The Labute approximate surface area is 72.7 Å². The van der Waals surface area contributed by atoms with Crippen LogP contribution in [0.5, 0.6) is 0 Å². The third kappa shape index (κ3) is 6.23. The van der Waals surface area contributed by atoms with Gasteiger partial charge in [0.1, 0.15) is 0 Å². The van der Waals surface area contributed by atoms with Gasteiger partial charge in [0.05, 0.1) is 6.61 Å². The molecule has 0 amide bonds. The number of rotatable bonds is 4. The van der Waals surface area contributed by atoms with E-state index in [0.29, 0.717) is 11.9 Å². The van der Waals surface area contributed by atoms with Gasteiger partial charge in [0.15, 0.2) is 0 Å². The van der Waals surface area contributed by atoms with Crippen LogP contribution in [0.1, 0.15) is 27.2 Å². The third-order valence-corrected chi connectivity index (χ3v) is 2.03. The van der Waals surface area contributed by atoms with Gasteiger partial charge in [-0.15, -0.1) is 0 Å². The van der Waals surface area contributed by atoms with E-state index in [9.17, 15) is 4.79 Å². The Morgan fingerprint density at radius 3 is 2.82 bits per heavy atom. The molecule has 1 radical (unpaired) electrons. The van der Waals surface area contributed by atoms with E-state index >= 15 is 0 Å². The lowest BCUT2D eigenvalue weighted by Crippen LogP contribution is -2.03. The van der Waals surface area contributed by atoms with Gasteiger partial charge < -0.3 is 4.74 Å². The van der Waals surface area contributed by atoms with Crippen molar-refractivity contribution in [3.63, 3.8) is 0 Å². The minimum atomic E-state index is -0.165. The zero-order valence-electron chi connectivity index (χ0n) is 7.29. The van der Waals surface area contributed by atoms with Crippen LogP contribution in [0.2, 0.25) is 0 Å². The second kappa shape index (κ2) is 6.53. The summed E-state index contributed by atoms with van der Waals surface area (Å²) in [5, 5.41) is 0.168. The highest BCUT2D eigenvalue weighted by Crippen LogP contribution is 2.17. The average Bonchev–Trinajstić information content (AvgIpc) is 1.87. The summed E-state index contributed by atoms with van der Waals surface area (Å²) < 4.78 is 4.77. The van der Waals surface area contributed by atoms with Crippen molar-refractivity contribution in [2.24, 2.45) is 0 Å². The van der Waals surface area contributed by atoms with E-state index in [-0.39, 0.29) is 5.30 Å². The molecule has 0 rings (SSSR count). The van der Waals surface area contributed by atoms with Crippen LogP contribution in [-0.2, 0) is 4.74 Å². The predicted octanol–water partition coefficient (Wildman–Crippen LogP) is 2.88. The molecule has 3 heteroatoms. The quantitative estimate of drug-likeness (QED) is 0.614. The first-order valence-corrected chi connectivity index (χ1v) is 4.69. The van der Waals surface area contributed by atoms with Gasteiger partial charge in [-0.1, -0.05) is 13.8 Å². The van der Waals surface area contributed by atoms with Crippen LogP contribution in [0.25, 0.3) is 0 Å². The van der Waals surface area contributed by atoms with Crippen molar-refractivity contribution in [3.8, 4) is 0 Å². The molecule has 11 heavy (non-hydrogen) atoms. The highest BCUT2D eigenvalue weighted by Gasteiger charge is 2.08. The van der Waals surface area contributed by atoms with Crippen molar-refractivity contribution in [1.29, 1.82) is 0 Å². The van der Waals surface area contributed by atoms with Crippen molar-refractivity contribution in [2.75, 3.05) is 6.61 Å². The minimum Gasteiger partial charge on any atom is -0.458 e. The molecule has 0 saturated heterocycles. The number of hydrogen-bond acceptors (Lipinski definition) is 3. The van der Waals surface area contributed by atoms with Crippen molar-refractivity contribution >= 4 is 17.1 Å². The fourth-order valence-electron chi connectivity index (χ4n) is 0.696. The van der Waals surface area contributed by atoms with Crippen LogP contribution < -0.4 is 0 Å². The minimum absolute atomic E-state index is 0.165. The first-order valence-electron chi connectivity index (χ1n) is 3.82. The average molecular weight is 175 g/mol. The highest BCUT2D eigenvalue weighted by atomic mass is 32.2. The predicted molar refractivity (Wildman–Crippen MR) is 48.7 cm³/mol. The molecular formula is C8H15O2S. The molecule has 65 valence electrons. The van der Waals surface area contributed by atoms with Crippen molar-refractivity contribution in [3.05, 3.63) is 6.42 Å². The van der Waals surface area contributed by atoms with Crippen LogP contribution in [0.15, 0.2) is 0 Å². The molecular weight excluding hydrogens is 160 g/mol. The van der Waals surface area contributed by atoms with Gasteiger partial charge in [-0.25, -0.2) is 4.79 Å². The zero-order chi connectivity index (χ0) is 8.69. The van der Waals surface area contributed by atoms with E-state index in [1.165, 1.54) is 11.8 Å². The van der Waals surface area contributed by atoms with Gasteiger partial charge in [0.2, 0.25) is 0 Å². The molecule has 0 aromatic rings. The molecule has 0 aromatic heterocycles. The maximum absolute atomic E-state index is 10.9. The highest BCUT2D eigenvalue weighted by molar-refractivity contribution is 8.13. The molecule has 1 atom stereocenters. The molecule has 0 fully saturated rings. The van der Waals surface area contributed by atoms with Crippen molar-refractivity contribution < 1.29 is 9.53 Å². The molecule has 0 aliphatic carbocycles. The Kier molecular flexibility index (Phi) is 6.42. The molecule has 0 N–H and O–H groups in total. The summed E-state index contributed by atoms with van der Waals surface area (Å²) >= 11 is 1.26. The zero-order valence-corrected chi connectivity index (χ0v) is 8.11. The normalized spacial score (nSPS) is 12.6. The summed E-state index contributed by atoms with van der Waals surface area (Å²) in [6, 6.07) is 0. The third-order valence-electron chi connectivity index (χ3n) is 1.13. The molecule has 0 aromatic carbocycles. The first kappa shape index (κ1) is 10.8. The lowest BCUT2D eigenvalue weighted by molar-refractivity contribution is 0.181. The van der Waals surface area contributed by atoms with Gasteiger partial charge in [0, 0.05) is 5.25 Å². The lowest BCUT2D eigenvalue weighted by Gasteiger charge is -2.07. The largest absolute Gasteiger partial charge is 0.458 e. The van der Waals surface area contributed by atoms with Gasteiger partial charge in [-0.3, -0.25) is 0 Å². The van der Waals surface area contributed by atoms with Crippen LogP contribution in [0, 0.1) is 6.42 Å².